The van der Waals surface area contributed by atoms with Crippen LogP contribution in [0.15, 0.2) is 53.4 Å². The fourth-order valence-corrected chi connectivity index (χ4v) is 5.98. The highest BCUT2D eigenvalue weighted by Crippen LogP contribution is 2.30. The fourth-order valence-electron chi connectivity index (χ4n) is 3.45. The molecule has 1 fully saturated rings. The van der Waals surface area contributed by atoms with Gasteiger partial charge in [0.15, 0.2) is 11.7 Å². The number of fused-ring (bicyclic) bond motifs is 1. The predicted octanol–water partition coefficient (Wildman–Crippen LogP) is 3.96. The van der Waals surface area contributed by atoms with Crippen LogP contribution in [0.5, 0.6) is 0 Å². The van der Waals surface area contributed by atoms with Crippen molar-refractivity contribution in [2.75, 3.05) is 13.1 Å². The number of nitriles is 1. The van der Waals surface area contributed by atoms with Gasteiger partial charge in [0.05, 0.1) is 21.2 Å². The van der Waals surface area contributed by atoms with Crippen molar-refractivity contribution in [1.29, 1.82) is 5.26 Å². The van der Waals surface area contributed by atoms with Gasteiger partial charge in [-0.2, -0.15) is 9.57 Å². The lowest BCUT2D eigenvalue weighted by Gasteiger charge is -2.25. The molecule has 148 valence electrons. The first-order valence-electron chi connectivity index (χ1n) is 9.40. The van der Waals surface area contributed by atoms with E-state index in [0.29, 0.717) is 23.7 Å². The number of benzene rings is 2. The molecule has 3 aromatic rings. The summed E-state index contributed by atoms with van der Waals surface area (Å²) in [6.07, 6.45) is 2.77. The molecule has 0 saturated carbocycles. The minimum Gasteiger partial charge on any atom is -0.292 e. The molecule has 6 nitrogen and oxygen atoms in total. The summed E-state index contributed by atoms with van der Waals surface area (Å²) in [6, 6.07) is 15.4. The van der Waals surface area contributed by atoms with Crippen LogP contribution in [0, 0.1) is 11.3 Å². The monoisotopic (exact) mass is 425 g/mol. The number of aromatic nitrogens is 1. The normalized spacial score (nSPS) is 16.4. The third kappa shape index (κ3) is 3.81. The maximum Gasteiger partial charge on any atom is 0.243 e. The molecule has 0 N–H and O–H groups in total. The van der Waals surface area contributed by atoms with Crippen molar-refractivity contribution in [2.24, 2.45) is 0 Å². The maximum absolute atomic E-state index is 12.9. The van der Waals surface area contributed by atoms with E-state index in [0.717, 1.165) is 29.5 Å². The van der Waals surface area contributed by atoms with Crippen molar-refractivity contribution < 1.29 is 13.2 Å². The van der Waals surface area contributed by atoms with Gasteiger partial charge in [0, 0.05) is 18.7 Å². The van der Waals surface area contributed by atoms with E-state index in [4.69, 9.17) is 0 Å². The van der Waals surface area contributed by atoms with Gasteiger partial charge in [0.2, 0.25) is 10.0 Å². The minimum atomic E-state index is -3.55. The van der Waals surface area contributed by atoms with Crippen molar-refractivity contribution >= 4 is 37.4 Å². The van der Waals surface area contributed by atoms with Crippen LogP contribution in [0.4, 0.5) is 0 Å². The molecule has 1 saturated heterocycles. The van der Waals surface area contributed by atoms with E-state index in [9.17, 15) is 18.5 Å². The second-order valence-electron chi connectivity index (χ2n) is 6.94. The van der Waals surface area contributed by atoms with Gasteiger partial charge in [-0.05, 0) is 37.1 Å². The van der Waals surface area contributed by atoms with Crippen LogP contribution in [-0.2, 0) is 10.0 Å². The molecular weight excluding hydrogens is 406 g/mol. The summed E-state index contributed by atoms with van der Waals surface area (Å²) >= 11 is 1.32. The Kier molecular flexibility index (Phi) is 5.46. The van der Waals surface area contributed by atoms with E-state index in [1.54, 1.807) is 0 Å². The zero-order valence-corrected chi connectivity index (χ0v) is 17.2. The largest absolute Gasteiger partial charge is 0.292 e. The highest BCUT2D eigenvalue weighted by Gasteiger charge is 2.28. The molecule has 0 spiro atoms. The summed E-state index contributed by atoms with van der Waals surface area (Å²) in [5, 5.41) is 10.0. The first kappa shape index (κ1) is 19.7. The van der Waals surface area contributed by atoms with E-state index in [1.807, 2.05) is 30.3 Å². The molecule has 1 aromatic heterocycles. The molecule has 4 rings (SSSR count). The zero-order chi connectivity index (χ0) is 20.4. The summed E-state index contributed by atoms with van der Waals surface area (Å²) < 4.78 is 27.9. The van der Waals surface area contributed by atoms with E-state index in [-0.39, 0.29) is 10.7 Å². The second kappa shape index (κ2) is 8.03. The lowest BCUT2D eigenvalue weighted by atomic mass is 9.99. The van der Waals surface area contributed by atoms with E-state index >= 15 is 0 Å². The fraction of sp³-hybridized carbons (Fsp3) is 0.286. The molecule has 2 aromatic carbocycles. The quantitative estimate of drug-likeness (QED) is 0.577. The SMILES string of the molecule is N#C[C@@H](C(=O)c1ccc(S(=O)(=O)N2CCCCC2)cc1)c1nc2ccccc2s1. The average molecular weight is 426 g/mol. The zero-order valence-electron chi connectivity index (χ0n) is 15.6. The molecule has 0 bridgehead atoms. The molecule has 8 heteroatoms. The van der Waals surface area contributed by atoms with E-state index in [1.165, 1.54) is 39.9 Å². The van der Waals surface area contributed by atoms with Gasteiger partial charge >= 0.3 is 0 Å². The lowest BCUT2D eigenvalue weighted by Crippen LogP contribution is -2.35. The Morgan fingerprint density at radius 2 is 1.76 bits per heavy atom. The lowest BCUT2D eigenvalue weighted by molar-refractivity contribution is 0.0978. The molecule has 1 aliphatic rings. The number of nitrogens with zero attached hydrogens (tertiary/aromatic N) is 3. The Balaban J connectivity index is 1.59. The van der Waals surface area contributed by atoms with Crippen molar-refractivity contribution in [1.82, 2.24) is 9.29 Å². The van der Waals surface area contributed by atoms with Crippen LogP contribution in [0.1, 0.15) is 40.5 Å². The van der Waals surface area contributed by atoms with Gasteiger partial charge < -0.3 is 0 Å². The van der Waals surface area contributed by atoms with Crippen LogP contribution in [0.25, 0.3) is 10.2 Å². The number of hydrogen-bond donors (Lipinski definition) is 0. The van der Waals surface area contributed by atoms with Crippen LogP contribution < -0.4 is 0 Å². The summed E-state index contributed by atoms with van der Waals surface area (Å²) in [6.45, 7) is 1.05. The number of ketones is 1. The Bertz CT molecular complexity index is 1150. The predicted molar refractivity (Wildman–Crippen MR) is 111 cm³/mol. The summed E-state index contributed by atoms with van der Waals surface area (Å²) in [7, 11) is -3.55. The van der Waals surface area contributed by atoms with Crippen molar-refractivity contribution in [2.45, 2.75) is 30.1 Å². The van der Waals surface area contributed by atoms with E-state index < -0.39 is 15.9 Å². The summed E-state index contributed by atoms with van der Waals surface area (Å²) in [4.78, 5) is 17.5. The smallest absolute Gasteiger partial charge is 0.243 e. The first-order chi connectivity index (χ1) is 14.0. The first-order valence-corrected chi connectivity index (χ1v) is 11.7. The topological polar surface area (TPSA) is 91.1 Å². The molecule has 29 heavy (non-hydrogen) atoms. The molecule has 0 amide bonds. The molecule has 0 aliphatic carbocycles. The van der Waals surface area contributed by atoms with Crippen molar-refractivity contribution in [3.8, 4) is 6.07 Å². The number of carbonyl (C=O) groups is 1. The number of para-hydroxylation sites is 1. The van der Waals surface area contributed by atoms with Gasteiger partial charge in [-0.1, -0.05) is 30.7 Å². The van der Waals surface area contributed by atoms with Gasteiger partial charge in [0.1, 0.15) is 5.01 Å². The third-order valence-corrected chi connectivity index (χ3v) is 8.05. The van der Waals surface area contributed by atoms with Crippen molar-refractivity contribution in [3.05, 3.63) is 59.1 Å². The Morgan fingerprint density at radius 3 is 2.41 bits per heavy atom. The van der Waals surface area contributed by atoms with Crippen LogP contribution in [-0.4, -0.2) is 36.6 Å². The van der Waals surface area contributed by atoms with Crippen LogP contribution in [0.2, 0.25) is 0 Å². The van der Waals surface area contributed by atoms with Crippen molar-refractivity contribution in [3.63, 3.8) is 0 Å². The van der Waals surface area contributed by atoms with Crippen LogP contribution in [0.3, 0.4) is 0 Å². The Hall–Kier alpha value is -2.60. The maximum atomic E-state index is 12.9. The molecule has 1 atom stereocenters. The van der Waals surface area contributed by atoms with E-state index in [2.05, 4.69) is 4.98 Å². The Morgan fingerprint density at radius 1 is 1.07 bits per heavy atom. The highest BCUT2D eigenvalue weighted by atomic mass is 32.2. The number of Topliss-reactive ketones (excluding diaryl/α,β-unsaturated/α-hetero) is 1. The molecule has 2 heterocycles. The minimum absolute atomic E-state index is 0.171. The van der Waals surface area contributed by atoms with Crippen LogP contribution >= 0.6 is 11.3 Å². The number of sulfonamides is 1. The second-order valence-corrected chi connectivity index (χ2v) is 9.94. The number of rotatable bonds is 5. The molecule has 0 unspecified atom stereocenters. The van der Waals surface area contributed by atoms with Gasteiger partial charge in [-0.3, -0.25) is 4.79 Å². The molecule has 0 radical (unpaired) electrons. The van der Waals surface area contributed by atoms with Gasteiger partial charge in [0.25, 0.3) is 0 Å². The number of carbonyl (C=O) groups excluding carboxylic acids is 1. The summed E-state index contributed by atoms with van der Waals surface area (Å²) in [5.41, 5.74) is 1.05. The molecule has 1 aliphatic heterocycles. The van der Waals surface area contributed by atoms with Gasteiger partial charge in [-0.25, -0.2) is 13.4 Å². The number of thiazole rings is 1. The average Bonchev–Trinajstić information content (AvgIpc) is 3.18. The summed E-state index contributed by atoms with van der Waals surface area (Å²) in [5.74, 6) is -1.40. The van der Waals surface area contributed by atoms with Gasteiger partial charge in [-0.15, -0.1) is 11.3 Å². The number of hydrogen-bond acceptors (Lipinski definition) is 6. The number of piperidine rings is 1. The highest BCUT2D eigenvalue weighted by molar-refractivity contribution is 7.89. The molecular formula is C21H19N3O3S2. The standard InChI is InChI=1S/C21H19N3O3S2/c22-14-17(21-23-18-6-2-3-7-19(18)28-21)20(25)15-8-10-16(11-9-15)29(26,27)24-12-4-1-5-13-24/h2-3,6-11,17H,1,4-5,12-13H2/t17-/m0/s1. The third-order valence-electron chi connectivity index (χ3n) is 5.04. The Labute approximate surface area is 173 Å².